The van der Waals surface area contributed by atoms with Crippen molar-refractivity contribution >= 4 is 23.2 Å². The Bertz CT molecular complexity index is 848. The van der Waals surface area contributed by atoms with Gasteiger partial charge in [-0.1, -0.05) is 52.7 Å². The molecule has 1 aromatic heterocycles. The molecule has 124 valence electrons. The number of hydrogen-bond acceptors (Lipinski definition) is 4. The molecule has 0 aliphatic rings. The molecule has 1 heterocycles. The molecule has 0 unspecified atom stereocenters. The van der Waals surface area contributed by atoms with E-state index in [1.165, 1.54) is 0 Å². The smallest absolute Gasteiger partial charge is 0.147 e. The zero-order valence-corrected chi connectivity index (χ0v) is 14.4. The van der Waals surface area contributed by atoms with Crippen LogP contribution < -0.4 is 4.74 Å². The van der Waals surface area contributed by atoms with Crippen LogP contribution in [0.3, 0.4) is 0 Å². The third kappa shape index (κ3) is 3.53. The van der Waals surface area contributed by atoms with E-state index < -0.39 is 0 Å². The van der Waals surface area contributed by atoms with Gasteiger partial charge in [-0.25, -0.2) is 4.68 Å². The van der Waals surface area contributed by atoms with Crippen LogP contribution in [0.15, 0.2) is 42.6 Å². The number of aromatic nitrogens is 3. The number of aliphatic hydroxyl groups excluding tert-OH is 1. The SMILES string of the molecule is COc1c(Cl)cc(Cl)cc1-c1cn(Cc2ccc(CO)cc2)nn1. The second-order valence-electron chi connectivity index (χ2n) is 5.24. The van der Waals surface area contributed by atoms with E-state index in [1.807, 2.05) is 30.5 Å². The number of benzene rings is 2. The molecule has 0 aliphatic heterocycles. The Morgan fingerprint density at radius 1 is 1.12 bits per heavy atom. The summed E-state index contributed by atoms with van der Waals surface area (Å²) in [5.74, 6) is 0.514. The van der Waals surface area contributed by atoms with Gasteiger partial charge in [0.15, 0.2) is 0 Å². The highest BCUT2D eigenvalue weighted by molar-refractivity contribution is 6.36. The number of methoxy groups -OCH3 is 1. The first-order valence-corrected chi connectivity index (χ1v) is 7.98. The monoisotopic (exact) mass is 363 g/mol. The molecular weight excluding hydrogens is 349 g/mol. The highest BCUT2D eigenvalue weighted by Crippen LogP contribution is 2.37. The highest BCUT2D eigenvalue weighted by atomic mass is 35.5. The van der Waals surface area contributed by atoms with Crippen LogP contribution in [0.5, 0.6) is 5.75 Å². The van der Waals surface area contributed by atoms with Crippen LogP contribution in [-0.4, -0.2) is 27.2 Å². The quantitative estimate of drug-likeness (QED) is 0.748. The lowest BCUT2D eigenvalue weighted by atomic mass is 10.1. The summed E-state index contributed by atoms with van der Waals surface area (Å²) in [6.45, 7) is 0.596. The van der Waals surface area contributed by atoms with Gasteiger partial charge in [-0.2, -0.15) is 0 Å². The summed E-state index contributed by atoms with van der Waals surface area (Å²) in [7, 11) is 1.55. The van der Waals surface area contributed by atoms with E-state index in [1.54, 1.807) is 23.9 Å². The van der Waals surface area contributed by atoms with Gasteiger partial charge in [0.05, 0.1) is 31.5 Å². The van der Waals surface area contributed by atoms with Gasteiger partial charge in [0, 0.05) is 10.6 Å². The number of nitrogens with zero attached hydrogens (tertiary/aromatic N) is 3. The van der Waals surface area contributed by atoms with Gasteiger partial charge in [-0.05, 0) is 23.3 Å². The average Bonchev–Trinajstić information content (AvgIpc) is 3.03. The maximum Gasteiger partial charge on any atom is 0.147 e. The van der Waals surface area contributed by atoms with E-state index >= 15 is 0 Å². The zero-order valence-electron chi connectivity index (χ0n) is 12.9. The Morgan fingerprint density at radius 2 is 1.83 bits per heavy atom. The van der Waals surface area contributed by atoms with Crippen LogP contribution >= 0.6 is 23.2 Å². The molecule has 0 saturated carbocycles. The maximum absolute atomic E-state index is 9.08. The first-order chi connectivity index (χ1) is 11.6. The number of rotatable bonds is 5. The lowest BCUT2D eigenvalue weighted by molar-refractivity contribution is 0.282. The van der Waals surface area contributed by atoms with Crippen molar-refractivity contribution in [2.75, 3.05) is 7.11 Å². The molecular formula is C17H15Cl2N3O2. The van der Waals surface area contributed by atoms with Crippen LogP contribution in [0.2, 0.25) is 10.0 Å². The van der Waals surface area contributed by atoms with E-state index in [-0.39, 0.29) is 6.61 Å². The first kappa shape index (κ1) is 16.8. The van der Waals surface area contributed by atoms with E-state index in [0.717, 1.165) is 11.1 Å². The van der Waals surface area contributed by atoms with Crippen molar-refractivity contribution in [3.63, 3.8) is 0 Å². The predicted octanol–water partition coefficient (Wildman–Crippen LogP) is 3.80. The van der Waals surface area contributed by atoms with E-state index in [9.17, 15) is 0 Å². The summed E-state index contributed by atoms with van der Waals surface area (Å²) in [5.41, 5.74) is 3.25. The van der Waals surface area contributed by atoms with Crippen LogP contribution in [0.4, 0.5) is 0 Å². The normalized spacial score (nSPS) is 10.8. The molecule has 7 heteroatoms. The van der Waals surface area contributed by atoms with E-state index in [2.05, 4.69) is 10.3 Å². The number of ether oxygens (including phenoxy) is 1. The van der Waals surface area contributed by atoms with Crippen molar-refractivity contribution in [3.05, 3.63) is 63.8 Å². The van der Waals surface area contributed by atoms with Crippen molar-refractivity contribution in [3.8, 4) is 17.0 Å². The van der Waals surface area contributed by atoms with Crippen molar-refractivity contribution < 1.29 is 9.84 Å². The third-order valence-electron chi connectivity index (χ3n) is 3.58. The van der Waals surface area contributed by atoms with Crippen molar-refractivity contribution in [2.24, 2.45) is 0 Å². The van der Waals surface area contributed by atoms with Crippen LogP contribution in [0, 0.1) is 0 Å². The average molecular weight is 364 g/mol. The first-order valence-electron chi connectivity index (χ1n) is 7.23. The second-order valence-corrected chi connectivity index (χ2v) is 6.09. The Hall–Kier alpha value is -2.08. The largest absolute Gasteiger partial charge is 0.494 e. The van der Waals surface area contributed by atoms with E-state index in [4.69, 9.17) is 33.0 Å². The zero-order chi connectivity index (χ0) is 17.1. The standard InChI is InChI=1S/C17H15Cl2N3O2/c1-24-17-14(6-13(18)7-15(17)19)16-9-22(21-20-16)8-11-2-4-12(10-23)5-3-11/h2-7,9,23H,8,10H2,1H3. The lowest BCUT2D eigenvalue weighted by Gasteiger charge is -2.08. The lowest BCUT2D eigenvalue weighted by Crippen LogP contribution is -2.00. The van der Waals surface area contributed by atoms with E-state index in [0.29, 0.717) is 33.6 Å². The molecule has 0 bridgehead atoms. The summed E-state index contributed by atoms with van der Waals surface area (Å²) in [4.78, 5) is 0. The minimum atomic E-state index is 0.0308. The molecule has 3 rings (SSSR count). The molecule has 2 aromatic carbocycles. The number of halogens is 2. The minimum Gasteiger partial charge on any atom is -0.494 e. The molecule has 3 aromatic rings. The van der Waals surface area contributed by atoms with Gasteiger partial charge in [0.1, 0.15) is 11.4 Å². The van der Waals surface area contributed by atoms with Crippen molar-refractivity contribution in [2.45, 2.75) is 13.2 Å². The van der Waals surface area contributed by atoms with Crippen molar-refractivity contribution in [1.82, 2.24) is 15.0 Å². The fourth-order valence-corrected chi connectivity index (χ4v) is 2.96. The molecule has 0 spiro atoms. The van der Waals surface area contributed by atoms with Gasteiger partial charge in [-0.15, -0.1) is 5.10 Å². The van der Waals surface area contributed by atoms with Crippen LogP contribution in [-0.2, 0) is 13.2 Å². The van der Waals surface area contributed by atoms with Gasteiger partial charge < -0.3 is 9.84 Å². The predicted molar refractivity (Wildman–Crippen MR) is 93.5 cm³/mol. The van der Waals surface area contributed by atoms with Gasteiger partial charge >= 0.3 is 0 Å². The Balaban J connectivity index is 1.88. The fraction of sp³-hybridized carbons (Fsp3) is 0.176. The van der Waals surface area contributed by atoms with Crippen LogP contribution in [0.1, 0.15) is 11.1 Å². The summed E-state index contributed by atoms with van der Waals surface area (Å²) < 4.78 is 7.07. The van der Waals surface area contributed by atoms with Crippen LogP contribution in [0.25, 0.3) is 11.3 Å². The highest BCUT2D eigenvalue weighted by Gasteiger charge is 2.15. The van der Waals surface area contributed by atoms with Crippen molar-refractivity contribution in [1.29, 1.82) is 0 Å². The summed E-state index contributed by atoms with van der Waals surface area (Å²) in [6.07, 6.45) is 1.81. The number of aliphatic hydroxyl groups is 1. The summed E-state index contributed by atoms with van der Waals surface area (Å²) >= 11 is 12.2. The Morgan fingerprint density at radius 3 is 2.50 bits per heavy atom. The third-order valence-corrected chi connectivity index (χ3v) is 4.08. The van der Waals surface area contributed by atoms with Gasteiger partial charge in [0.25, 0.3) is 0 Å². The molecule has 0 fully saturated rings. The molecule has 0 amide bonds. The molecule has 24 heavy (non-hydrogen) atoms. The maximum atomic E-state index is 9.08. The topological polar surface area (TPSA) is 60.2 Å². The summed E-state index contributed by atoms with van der Waals surface area (Å²) in [6, 6.07) is 11.0. The number of hydrogen-bond donors (Lipinski definition) is 1. The molecule has 0 atom stereocenters. The molecule has 5 nitrogen and oxygen atoms in total. The summed E-state index contributed by atoms with van der Waals surface area (Å²) in [5, 5.41) is 18.3. The molecule has 0 aliphatic carbocycles. The molecule has 0 saturated heterocycles. The molecule has 0 radical (unpaired) electrons. The Labute approximate surface area is 149 Å². The van der Waals surface area contributed by atoms with Gasteiger partial charge in [-0.3, -0.25) is 0 Å². The minimum absolute atomic E-state index is 0.0308. The molecule has 1 N–H and O–H groups in total. The fourth-order valence-electron chi connectivity index (χ4n) is 2.39. The van der Waals surface area contributed by atoms with Gasteiger partial charge in [0.2, 0.25) is 0 Å². The Kier molecular flexibility index (Phi) is 5.04. The second kappa shape index (κ2) is 7.21.